The van der Waals surface area contributed by atoms with Gasteiger partial charge in [0.2, 0.25) is 0 Å². The standard InChI is InChI=1S/C21H28ClNO4/c1-14-7-16(5-6-17(14)22)26-11-19(25)27-10-18(24)23-13-21(4)9-15(23)8-20(2,3)12-21/h5-7,15H,8-13H2,1-4H3/t15-,21+/m0/s1. The minimum Gasteiger partial charge on any atom is -0.482 e. The number of hydrogen-bond donors (Lipinski definition) is 0. The Bertz CT molecular complexity index is 748. The van der Waals surface area contributed by atoms with Gasteiger partial charge in [0.25, 0.3) is 5.91 Å². The van der Waals surface area contributed by atoms with E-state index in [-0.39, 0.29) is 36.0 Å². The van der Waals surface area contributed by atoms with Crippen LogP contribution in [-0.2, 0) is 14.3 Å². The summed E-state index contributed by atoms with van der Waals surface area (Å²) in [5.74, 6) is -0.120. The van der Waals surface area contributed by atoms with Crippen molar-refractivity contribution in [2.45, 2.75) is 53.0 Å². The zero-order valence-corrected chi connectivity index (χ0v) is 17.3. The van der Waals surface area contributed by atoms with Crippen LogP contribution in [0.5, 0.6) is 5.75 Å². The monoisotopic (exact) mass is 393 g/mol. The summed E-state index contributed by atoms with van der Waals surface area (Å²) in [6.07, 6.45) is 3.16. The molecule has 1 heterocycles. The number of carbonyl (C=O) groups is 2. The van der Waals surface area contributed by atoms with Crippen LogP contribution < -0.4 is 4.74 Å². The molecular weight excluding hydrogens is 366 g/mol. The third kappa shape index (κ3) is 4.75. The van der Waals surface area contributed by atoms with Crippen molar-refractivity contribution in [3.05, 3.63) is 28.8 Å². The number of carbonyl (C=O) groups excluding carboxylic acids is 2. The maximum Gasteiger partial charge on any atom is 0.344 e. The van der Waals surface area contributed by atoms with Gasteiger partial charge in [-0.05, 0) is 60.8 Å². The van der Waals surface area contributed by atoms with Crippen molar-refractivity contribution in [3.63, 3.8) is 0 Å². The van der Waals surface area contributed by atoms with Crippen molar-refractivity contribution in [2.24, 2.45) is 10.8 Å². The highest BCUT2D eigenvalue weighted by Gasteiger charge is 2.50. The molecule has 0 N–H and O–H groups in total. The summed E-state index contributed by atoms with van der Waals surface area (Å²) < 4.78 is 10.6. The topological polar surface area (TPSA) is 55.8 Å². The van der Waals surface area contributed by atoms with Crippen molar-refractivity contribution in [1.82, 2.24) is 4.90 Å². The van der Waals surface area contributed by atoms with Crippen LogP contribution in [0.2, 0.25) is 5.02 Å². The van der Waals surface area contributed by atoms with Crippen molar-refractivity contribution in [1.29, 1.82) is 0 Å². The molecule has 0 radical (unpaired) electrons. The fraction of sp³-hybridized carbons (Fsp3) is 0.619. The summed E-state index contributed by atoms with van der Waals surface area (Å²) in [5.41, 5.74) is 1.28. The molecule has 2 fully saturated rings. The fourth-order valence-corrected chi connectivity index (χ4v) is 4.99. The summed E-state index contributed by atoms with van der Waals surface area (Å²) in [4.78, 5) is 26.4. The Labute approximate surface area is 166 Å². The van der Waals surface area contributed by atoms with Crippen molar-refractivity contribution in [3.8, 4) is 5.75 Å². The third-order valence-electron chi connectivity index (χ3n) is 5.58. The van der Waals surface area contributed by atoms with Gasteiger partial charge in [-0.1, -0.05) is 32.4 Å². The molecule has 27 heavy (non-hydrogen) atoms. The molecular formula is C21H28ClNO4. The number of esters is 1. The molecule has 1 aliphatic heterocycles. The molecule has 1 saturated heterocycles. The van der Waals surface area contributed by atoms with E-state index >= 15 is 0 Å². The second-order valence-electron chi connectivity index (χ2n) is 9.10. The number of rotatable bonds is 5. The van der Waals surface area contributed by atoms with Crippen LogP contribution in [0.1, 0.15) is 45.6 Å². The Kier molecular flexibility index (Phi) is 5.44. The second kappa shape index (κ2) is 7.34. The number of likely N-dealkylation sites (tertiary alicyclic amines) is 1. The summed E-state index contributed by atoms with van der Waals surface area (Å²) in [5, 5.41) is 0.642. The Hall–Kier alpha value is -1.75. The number of amides is 1. The summed E-state index contributed by atoms with van der Waals surface area (Å²) in [7, 11) is 0. The highest BCUT2D eigenvalue weighted by atomic mass is 35.5. The average molecular weight is 394 g/mol. The van der Waals surface area contributed by atoms with E-state index in [1.165, 1.54) is 0 Å². The molecule has 2 aliphatic rings. The quantitative estimate of drug-likeness (QED) is 0.709. The van der Waals surface area contributed by atoms with Gasteiger partial charge in [-0.2, -0.15) is 0 Å². The Morgan fingerprint density at radius 2 is 1.96 bits per heavy atom. The molecule has 1 aromatic rings. The molecule has 1 amide bonds. The normalized spacial score (nSPS) is 26.0. The van der Waals surface area contributed by atoms with Gasteiger partial charge < -0.3 is 14.4 Å². The molecule has 1 aliphatic carbocycles. The molecule has 0 aromatic heterocycles. The molecule has 6 heteroatoms. The Morgan fingerprint density at radius 1 is 1.22 bits per heavy atom. The first-order valence-electron chi connectivity index (χ1n) is 9.41. The predicted octanol–water partition coefficient (Wildman–Crippen LogP) is 4.00. The van der Waals surface area contributed by atoms with E-state index in [4.69, 9.17) is 21.1 Å². The van der Waals surface area contributed by atoms with E-state index in [9.17, 15) is 9.59 Å². The van der Waals surface area contributed by atoms with Crippen LogP contribution in [0.3, 0.4) is 0 Å². The second-order valence-corrected chi connectivity index (χ2v) is 9.50. The van der Waals surface area contributed by atoms with Crippen LogP contribution in [0.25, 0.3) is 0 Å². The largest absolute Gasteiger partial charge is 0.482 e. The molecule has 0 unspecified atom stereocenters. The van der Waals surface area contributed by atoms with Crippen LogP contribution >= 0.6 is 11.6 Å². The molecule has 2 bridgehead atoms. The van der Waals surface area contributed by atoms with Gasteiger partial charge in [-0.25, -0.2) is 4.79 Å². The van der Waals surface area contributed by atoms with E-state index in [1.807, 2.05) is 11.8 Å². The average Bonchev–Trinajstić information content (AvgIpc) is 2.82. The number of hydrogen-bond acceptors (Lipinski definition) is 4. The molecule has 3 rings (SSSR count). The summed E-state index contributed by atoms with van der Waals surface area (Å²) in [6, 6.07) is 5.42. The molecule has 1 aromatic carbocycles. The lowest BCUT2D eigenvalue weighted by Gasteiger charge is -2.39. The van der Waals surface area contributed by atoms with Gasteiger partial charge in [0.15, 0.2) is 13.2 Å². The van der Waals surface area contributed by atoms with E-state index in [2.05, 4.69) is 20.8 Å². The fourth-order valence-electron chi connectivity index (χ4n) is 4.87. The summed E-state index contributed by atoms with van der Waals surface area (Å²) >= 11 is 5.97. The number of nitrogens with zero attached hydrogens (tertiary/aromatic N) is 1. The van der Waals surface area contributed by atoms with Crippen molar-refractivity contribution < 1.29 is 19.1 Å². The first-order valence-corrected chi connectivity index (χ1v) is 9.79. The zero-order chi connectivity index (χ0) is 19.8. The van der Waals surface area contributed by atoms with Gasteiger partial charge in [0.1, 0.15) is 5.75 Å². The lowest BCUT2D eigenvalue weighted by Crippen LogP contribution is -2.40. The van der Waals surface area contributed by atoms with E-state index in [0.29, 0.717) is 10.8 Å². The number of aryl methyl sites for hydroxylation is 1. The number of ether oxygens (including phenoxy) is 2. The van der Waals surface area contributed by atoms with Gasteiger partial charge >= 0.3 is 5.97 Å². The Morgan fingerprint density at radius 3 is 2.67 bits per heavy atom. The smallest absolute Gasteiger partial charge is 0.344 e. The molecule has 1 saturated carbocycles. The van der Waals surface area contributed by atoms with Crippen molar-refractivity contribution >= 4 is 23.5 Å². The van der Waals surface area contributed by atoms with Gasteiger partial charge in [-0.15, -0.1) is 0 Å². The van der Waals surface area contributed by atoms with Crippen LogP contribution in [-0.4, -0.2) is 42.6 Å². The van der Waals surface area contributed by atoms with Crippen LogP contribution in [0.15, 0.2) is 18.2 Å². The number of fused-ring (bicyclic) bond motifs is 2. The molecule has 5 nitrogen and oxygen atoms in total. The lowest BCUT2D eigenvalue weighted by molar-refractivity contribution is -0.154. The maximum atomic E-state index is 12.6. The predicted molar refractivity (Wildman–Crippen MR) is 104 cm³/mol. The van der Waals surface area contributed by atoms with Gasteiger partial charge in [0, 0.05) is 17.6 Å². The van der Waals surface area contributed by atoms with E-state index in [1.54, 1.807) is 18.2 Å². The molecule has 0 spiro atoms. The highest BCUT2D eigenvalue weighted by Crippen LogP contribution is 2.52. The van der Waals surface area contributed by atoms with Crippen LogP contribution in [0.4, 0.5) is 0 Å². The van der Waals surface area contributed by atoms with Gasteiger partial charge in [0.05, 0.1) is 0 Å². The lowest BCUT2D eigenvalue weighted by atomic mass is 9.65. The zero-order valence-electron chi connectivity index (χ0n) is 16.5. The molecule has 148 valence electrons. The number of halogens is 1. The number of benzene rings is 1. The minimum atomic E-state index is -0.551. The first kappa shape index (κ1) is 20.0. The maximum absolute atomic E-state index is 12.6. The van der Waals surface area contributed by atoms with Crippen molar-refractivity contribution in [2.75, 3.05) is 19.8 Å². The van der Waals surface area contributed by atoms with Crippen LogP contribution in [0, 0.1) is 17.8 Å². The first-order chi connectivity index (χ1) is 12.6. The summed E-state index contributed by atoms with van der Waals surface area (Å²) in [6.45, 7) is 8.93. The van der Waals surface area contributed by atoms with E-state index in [0.717, 1.165) is 31.4 Å². The van der Waals surface area contributed by atoms with E-state index < -0.39 is 5.97 Å². The molecule has 2 atom stereocenters. The third-order valence-corrected chi connectivity index (χ3v) is 6.00. The SMILES string of the molecule is Cc1cc(OCC(=O)OCC(=O)N2C[C@]3(C)C[C@@H]2CC(C)(C)C3)ccc1Cl. The van der Waals surface area contributed by atoms with Gasteiger partial charge in [-0.3, -0.25) is 4.79 Å². The highest BCUT2D eigenvalue weighted by molar-refractivity contribution is 6.31. The minimum absolute atomic E-state index is 0.114. The Balaban J connectivity index is 1.48.